The maximum atomic E-state index is 5.65. The Morgan fingerprint density at radius 2 is 2.05 bits per heavy atom. The molecule has 1 heterocycles. The number of aryl methyl sites for hydroxylation is 1. The zero-order chi connectivity index (χ0) is 15.1. The maximum Gasteiger partial charge on any atom is 0.211 e. The van der Waals surface area contributed by atoms with Gasteiger partial charge in [0.05, 0.1) is 18.8 Å². The molecule has 2 aromatic rings. The summed E-state index contributed by atoms with van der Waals surface area (Å²) in [6.07, 6.45) is 3.99. The molecule has 0 saturated carbocycles. The summed E-state index contributed by atoms with van der Waals surface area (Å²) in [6.45, 7) is 7.68. The lowest BCUT2D eigenvalue weighted by Crippen LogP contribution is -2.18. The molecular formula is C17H24N2O2. The van der Waals surface area contributed by atoms with E-state index in [1.165, 1.54) is 5.56 Å². The van der Waals surface area contributed by atoms with Gasteiger partial charge in [-0.15, -0.1) is 0 Å². The summed E-state index contributed by atoms with van der Waals surface area (Å²) in [5, 5.41) is 3.40. The Morgan fingerprint density at radius 3 is 2.67 bits per heavy atom. The molecule has 2 rings (SSSR count). The van der Waals surface area contributed by atoms with Crippen LogP contribution in [0.3, 0.4) is 0 Å². The first-order valence-corrected chi connectivity index (χ1v) is 7.56. The molecule has 4 nitrogen and oxygen atoms in total. The van der Waals surface area contributed by atoms with Crippen molar-refractivity contribution in [2.24, 2.45) is 0 Å². The second-order valence-corrected chi connectivity index (χ2v) is 5.26. The average molecular weight is 288 g/mol. The molecule has 0 bridgehead atoms. The summed E-state index contributed by atoms with van der Waals surface area (Å²) in [7, 11) is 0. The summed E-state index contributed by atoms with van der Waals surface area (Å²) in [5.74, 6) is 2.50. The van der Waals surface area contributed by atoms with Gasteiger partial charge in [0.15, 0.2) is 0 Å². The molecule has 1 aromatic heterocycles. The number of hydrogen-bond donors (Lipinski definition) is 1. The van der Waals surface area contributed by atoms with Gasteiger partial charge >= 0.3 is 0 Å². The number of unbranched alkanes of at least 4 members (excludes halogenated alkanes) is 1. The van der Waals surface area contributed by atoms with E-state index in [2.05, 4.69) is 29.4 Å². The van der Waals surface area contributed by atoms with E-state index >= 15 is 0 Å². The van der Waals surface area contributed by atoms with Gasteiger partial charge in [-0.3, -0.25) is 0 Å². The Bertz CT molecular complexity index is 534. The van der Waals surface area contributed by atoms with E-state index in [0.717, 1.165) is 43.4 Å². The fourth-order valence-corrected chi connectivity index (χ4v) is 1.97. The summed E-state index contributed by atoms with van der Waals surface area (Å²) in [4.78, 5) is 4.23. The van der Waals surface area contributed by atoms with Gasteiger partial charge in [-0.2, -0.15) is 0 Å². The van der Waals surface area contributed by atoms with Gasteiger partial charge in [0.25, 0.3) is 0 Å². The van der Waals surface area contributed by atoms with E-state index in [1.807, 2.05) is 26.0 Å². The topological polar surface area (TPSA) is 47.3 Å². The van der Waals surface area contributed by atoms with Crippen molar-refractivity contribution in [1.82, 2.24) is 10.3 Å². The summed E-state index contributed by atoms with van der Waals surface area (Å²) in [5.41, 5.74) is 1.22. The summed E-state index contributed by atoms with van der Waals surface area (Å²) in [6, 6.07) is 8.31. The van der Waals surface area contributed by atoms with Crippen LogP contribution < -0.4 is 10.1 Å². The van der Waals surface area contributed by atoms with Crippen molar-refractivity contribution < 1.29 is 9.15 Å². The van der Waals surface area contributed by atoms with E-state index in [0.29, 0.717) is 0 Å². The van der Waals surface area contributed by atoms with Crippen molar-refractivity contribution in [3.05, 3.63) is 47.7 Å². The molecule has 1 N–H and O–H groups in total. The highest BCUT2D eigenvalue weighted by atomic mass is 16.5. The molecule has 1 aromatic carbocycles. The maximum absolute atomic E-state index is 5.65. The Hall–Kier alpha value is -1.81. The lowest BCUT2D eigenvalue weighted by molar-refractivity contribution is 0.309. The summed E-state index contributed by atoms with van der Waals surface area (Å²) >= 11 is 0. The second kappa shape index (κ2) is 7.84. The van der Waals surface area contributed by atoms with Crippen LogP contribution in [0.5, 0.6) is 5.75 Å². The molecule has 1 atom stereocenters. The minimum atomic E-state index is 0.0965. The molecule has 0 amide bonds. The molecule has 4 heteroatoms. The fraction of sp³-hybridized carbons (Fsp3) is 0.471. The van der Waals surface area contributed by atoms with Gasteiger partial charge in [-0.05, 0) is 38.0 Å². The van der Waals surface area contributed by atoms with Crippen molar-refractivity contribution in [1.29, 1.82) is 0 Å². The number of benzene rings is 1. The van der Waals surface area contributed by atoms with Gasteiger partial charge in [-0.25, -0.2) is 4.98 Å². The molecular weight excluding hydrogens is 264 g/mol. The highest BCUT2D eigenvalue weighted by molar-refractivity contribution is 5.27. The molecule has 0 fully saturated rings. The lowest BCUT2D eigenvalue weighted by atomic mass is 10.2. The number of aromatic nitrogens is 1. The third-order valence-corrected chi connectivity index (χ3v) is 3.31. The minimum Gasteiger partial charge on any atom is -0.494 e. The van der Waals surface area contributed by atoms with E-state index in [1.54, 1.807) is 6.20 Å². The average Bonchev–Trinajstić information content (AvgIpc) is 2.93. The Kier molecular flexibility index (Phi) is 5.81. The molecule has 0 saturated heterocycles. The SMILES string of the molecule is CCCCOc1ccc(CNC(C)c2ncc(C)o2)cc1. The number of ether oxygens (including phenoxy) is 1. The number of rotatable bonds is 8. The molecule has 0 spiro atoms. The van der Waals surface area contributed by atoms with Crippen LogP contribution in [0, 0.1) is 6.92 Å². The van der Waals surface area contributed by atoms with Crippen LogP contribution in [0.1, 0.15) is 49.9 Å². The molecule has 0 radical (unpaired) electrons. The number of hydrogen-bond acceptors (Lipinski definition) is 4. The summed E-state index contributed by atoms with van der Waals surface area (Å²) < 4.78 is 11.2. The van der Waals surface area contributed by atoms with Gasteiger partial charge < -0.3 is 14.5 Å². The first-order valence-electron chi connectivity index (χ1n) is 7.56. The lowest BCUT2D eigenvalue weighted by Gasteiger charge is -2.11. The molecule has 114 valence electrons. The van der Waals surface area contributed by atoms with Crippen molar-refractivity contribution in [2.75, 3.05) is 6.61 Å². The molecule has 21 heavy (non-hydrogen) atoms. The Labute approximate surface area is 126 Å². The normalized spacial score (nSPS) is 12.3. The van der Waals surface area contributed by atoms with Gasteiger partial charge in [0, 0.05) is 6.54 Å². The van der Waals surface area contributed by atoms with E-state index in [-0.39, 0.29) is 6.04 Å². The number of nitrogens with one attached hydrogen (secondary N) is 1. The van der Waals surface area contributed by atoms with E-state index in [9.17, 15) is 0 Å². The standard InChI is InChI=1S/C17H24N2O2/c1-4-5-10-20-16-8-6-15(7-9-16)12-18-14(3)17-19-11-13(2)21-17/h6-9,11,14,18H,4-5,10,12H2,1-3H3. The minimum absolute atomic E-state index is 0.0965. The molecule has 0 aliphatic rings. The van der Waals surface area contributed by atoms with E-state index < -0.39 is 0 Å². The van der Waals surface area contributed by atoms with Crippen LogP contribution in [-0.2, 0) is 6.54 Å². The largest absolute Gasteiger partial charge is 0.494 e. The predicted molar refractivity (Wildman–Crippen MR) is 83.3 cm³/mol. The number of oxazole rings is 1. The monoisotopic (exact) mass is 288 g/mol. The smallest absolute Gasteiger partial charge is 0.211 e. The zero-order valence-electron chi connectivity index (χ0n) is 13.1. The fourth-order valence-electron chi connectivity index (χ4n) is 1.97. The van der Waals surface area contributed by atoms with Crippen LogP contribution in [0.4, 0.5) is 0 Å². The van der Waals surface area contributed by atoms with Crippen LogP contribution >= 0.6 is 0 Å². The molecule has 0 aliphatic carbocycles. The van der Waals surface area contributed by atoms with Crippen molar-refractivity contribution in [2.45, 2.75) is 46.2 Å². The van der Waals surface area contributed by atoms with Crippen LogP contribution in [0.2, 0.25) is 0 Å². The van der Waals surface area contributed by atoms with Gasteiger partial charge in [0.2, 0.25) is 5.89 Å². The zero-order valence-corrected chi connectivity index (χ0v) is 13.1. The highest BCUT2D eigenvalue weighted by Crippen LogP contribution is 2.15. The van der Waals surface area contributed by atoms with Gasteiger partial charge in [-0.1, -0.05) is 25.5 Å². The second-order valence-electron chi connectivity index (χ2n) is 5.26. The van der Waals surface area contributed by atoms with Crippen LogP contribution in [0.15, 0.2) is 34.9 Å². The first kappa shape index (κ1) is 15.6. The number of nitrogens with zero attached hydrogens (tertiary/aromatic N) is 1. The predicted octanol–water partition coefficient (Wildman–Crippen LogP) is 4.01. The van der Waals surface area contributed by atoms with Gasteiger partial charge in [0.1, 0.15) is 11.5 Å². The third-order valence-electron chi connectivity index (χ3n) is 3.31. The Morgan fingerprint density at radius 1 is 1.29 bits per heavy atom. The van der Waals surface area contributed by atoms with E-state index in [4.69, 9.17) is 9.15 Å². The van der Waals surface area contributed by atoms with Crippen molar-refractivity contribution in [3.8, 4) is 5.75 Å². The third kappa shape index (κ3) is 4.90. The van der Waals surface area contributed by atoms with Crippen LogP contribution in [-0.4, -0.2) is 11.6 Å². The van der Waals surface area contributed by atoms with Crippen molar-refractivity contribution >= 4 is 0 Å². The van der Waals surface area contributed by atoms with Crippen LogP contribution in [0.25, 0.3) is 0 Å². The quantitative estimate of drug-likeness (QED) is 0.745. The molecule has 0 aliphatic heterocycles. The van der Waals surface area contributed by atoms with Crippen molar-refractivity contribution in [3.63, 3.8) is 0 Å². The Balaban J connectivity index is 1.80. The first-order chi connectivity index (χ1) is 10.2. The molecule has 1 unspecified atom stereocenters. The highest BCUT2D eigenvalue weighted by Gasteiger charge is 2.10.